The number of pyridine rings is 1. The Balaban J connectivity index is 1.58. The molecule has 3 heterocycles. The standard InChI is InChI=1S/C24H34N6O3/c1-14(2)18-13-17(19-15(3)27-30(20(19)26-18)24(4,5)6)22(32)28-9-11-29(12-10-28)23(33)21(31)25-16-7-8-16/h13-14,16H,7-12H2,1-6H3,(H,25,31). The number of hydrogen-bond acceptors (Lipinski definition) is 5. The van der Waals surface area contributed by atoms with Gasteiger partial charge >= 0.3 is 11.8 Å². The normalized spacial score (nSPS) is 17.1. The topological polar surface area (TPSA) is 100 Å². The first-order chi connectivity index (χ1) is 15.5. The van der Waals surface area contributed by atoms with Crippen LogP contribution >= 0.6 is 0 Å². The highest BCUT2D eigenvalue weighted by atomic mass is 16.2. The molecule has 0 radical (unpaired) electrons. The Morgan fingerprint density at radius 2 is 1.67 bits per heavy atom. The first-order valence-electron chi connectivity index (χ1n) is 11.8. The molecule has 0 unspecified atom stereocenters. The highest BCUT2D eigenvalue weighted by Gasteiger charge is 2.33. The quantitative estimate of drug-likeness (QED) is 0.717. The molecule has 0 bridgehead atoms. The van der Waals surface area contributed by atoms with E-state index in [1.54, 1.807) is 4.90 Å². The van der Waals surface area contributed by atoms with Crippen LogP contribution in [0.3, 0.4) is 0 Å². The molecule has 2 aromatic heterocycles. The van der Waals surface area contributed by atoms with Crippen molar-refractivity contribution in [1.82, 2.24) is 29.9 Å². The zero-order valence-corrected chi connectivity index (χ0v) is 20.4. The van der Waals surface area contributed by atoms with Crippen molar-refractivity contribution in [3.8, 4) is 0 Å². The van der Waals surface area contributed by atoms with Crippen LogP contribution in [0.15, 0.2) is 6.07 Å². The summed E-state index contributed by atoms with van der Waals surface area (Å²) < 4.78 is 1.90. The molecular formula is C24H34N6O3. The second-order valence-corrected chi connectivity index (χ2v) is 10.4. The van der Waals surface area contributed by atoms with Gasteiger partial charge in [-0.25, -0.2) is 9.67 Å². The van der Waals surface area contributed by atoms with Crippen molar-refractivity contribution in [2.24, 2.45) is 0 Å². The van der Waals surface area contributed by atoms with Gasteiger partial charge in [-0.1, -0.05) is 13.8 Å². The van der Waals surface area contributed by atoms with Gasteiger partial charge in [0.15, 0.2) is 5.65 Å². The fourth-order valence-electron chi connectivity index (χ4n) is 4.14. The summed E-state index contributed by atoms with van der Waals surface area (Å²) >= 11 is 0. The van der Waals surface area contributed by atoms with Gasteiger partial charge in [-0.3, -0.25) is 14.4 Å². The van der Waals surface area contributed by atoms with E-state index in [4.69, 9.17) is 10.1 Å². The van der Waals surface area contributed by atoms with E-state index in [0.29, 0.717) is 31.7 Å². The number of hydrogen-bond donors (Lipinski definition) is 1. The Morgan fingerprint density at radius 1 is 1.06 bits per heavy atom. The van der Waals surface area contributed by atoms with E-state index in [0.717, 1.165) is 35.3 Å². The SMILES string of the molecule is Cc1nn(C(C)(C)C)c2nc(C(C)C)cc(C(=O)N3CCN(C(=O)C(=O)NC4CC4)CC3)c12. The summed E-state index contributed by atoms with van der Waals surface area (Å²) in [6.07, 6.45) is 1.87. The highest BCUT2D eigenvalue weighted by Crippen LogP contribution is 2.30. The zero-order chi connectivity index (χ0) is 24.1. The zero-order valence-electron chi connectivity index (χ0n) is 20.4. The van der Waals surface area contributed by atoms with Crippen LogP contribution in [-0.2, 0) is 15.1 Å². The van der Waals surface area contributed by atoms with E-state index < -0.39 is 11.8 Å². The predicted octanol–water partition coefficient (Wildman–Crippen LogP) is 2.18. The number of carbonyl (C=O) groups is 3. The van der Waals surface area contributed by atoms with Crippen LogP contribution in [0.25, 0.3) is 11.0 Å². The Hall–Kier alpha value is -2.97. The third-order valence-corrected chi connectivity index (χ3v) is 6.25. The molecule has 1 N–H and O–H groups in total. The van der Waals surface area contributed by atoms with Crippen molar-refractivity contribution in [3.63, 3.8) is 0 Å². The summed E-state index contributed by atoms with van der Waals surface area (Å²) in [5.74, 6) is -0.982. The van der Waals surface area contributed by atoms with Gasteiger partial charge in [0.1, 0.15) is 0 Å². The number of aryl methyl sites for hydroxylation is 1. The first-order valence-corrected chi connectivity index (χ1v) is 11.8. The summed E-state index contributed by atoms with van der Waals surface area (Å²) in [5, 5.41) is 8.24. The van der Waals surface area contributed by atoms with E-state index >= 15 is 0 Å². The maximum Gasteiger partial charge on any atom is 0.312 e. The molecule has 1 aliphatic carbocycles. The smallest absolute Gasteiger partial charge is 0.312 e. The lowest BCUT2D eigenvalue weighted by molar-refractivity contribution is -0.146. The summed E-state index contributed by atoms with van der Waals surface area (Å²) in [7, 11) is 0. The minimum Gasteiger partial charge on any atom is -0.345 e. The molecule has 33 heavy (non-hydrogen) atoms. The van der Waals surface area contributed by atoms with Crippen molar-refractivity contribution in [3.05, 3.63) is 23.0 Å². The molecule has 1 saturated heterocycles. The maximum absolute atomic E-state index is 13.6. The summed E-state index contributed by atoms with van der Waals surface area (Å²) in [6, 6.07) is 2.03. The van der Waals surface area contributed by atoms with E-state index in [-0.39, 0.29) is 23.4 Å². The number of piperazine rings is 1. The molecule has 9 heteroatoms. The molecule has 2 aromatic rings. The van der Waals surface area contributed by atoms with Gasteiger partial charge < -0.3 is 15.1 Å². The number of nitrogens with one attached hydrogen (secondary N) is 1. The molecule has 0 aromatic carbocycles. The minimum atomic E-state index is -0.542. The summed E-state index contributed by atoms with van der Waals surface area (Å²) in [5.41, 5.74) is 2.67. The van der Waals surface area contributed by atoms with Gasteiger partial charge in [-0.2, -0.15) is 5.10 Å². The van der Waals surface area contributed by atoms with Gasteiger partial charge in [0, 0.05) is 37.9 Å². The third kappa shape index (κ3) is 4.58. The van der Waals surface area contributed by atoms with Gasteiger partial charge in [-0.05, 0) is 52.5 Å². The monoisotopic (exact) mass is 454 g/mol. The third-order valence-electron chi connectivity index (χ3n) is 6.25. The average molecular weight is 455 g/mol. The fourth-order valence-corrected chi connectivity index (χ4v) is 4.14. The molecule has 2 aliphatic rings. The summed E-state index contributed by atoms with van der Waals surface area (Å²) in [4.78, 5) is 46.3. The van der Waals surface area contributed by atoms with Crippen molar-refractivity contribution in [1.29, 1.82) is 0 Å². The van der Waals surface area contributed by atoms with Crippen molar-refractivity contribution in [2.75, 3.05) is 26.2 Å². The lowest BCUT2D eigenvalue weighted by atomic mass is 10.0. The van der Waals surface area contributed by atoms with E-state index in [2.05, 4.69) is 39.9 Å². The Bertz CT molecular complexity index is 1100. The van der Waals surface area contributed by atoms with Crippen LogP contribution in [0.5, 0.6) is 0 Å². The molecule has 0 spiro atoms. The van der Waals surface area contributed by atoms with Crippen molar-refractivity contribution >= 4 is 28.8 Å². The number of fused-ring (bicyclic) bond motifs is 1. The number of rotatable bonds is 3. The van der Waals surface area contributed by atoms with Crippen molar-refractivity contribution < 1.29 is 14.4 Å². The largest absolute Gasteiger partial charge is 0.345 e. The van der Waals surface area contributed by atoms with E-state index in [1.165, 1.54) is 4.90 Å². The molecule has 0 atom stereocenters. The lowest BCUT2D eigenvalue weighted by Gasteiger charge is -2.34. The molecule has 3 amide bonds. The maximum atomic E-state index is 13.6. The van der Waals surface area contributed by atoms with E-state index in [9.17, 15) is 14.4 Å². The molecular weight excluding hydrogens is 420 g/mol. The van der Waals surface area contributed by atoms with Crippen LogP contribution in [0.2, 0.25) is 0 Å². The van der Waals surface area contributed by atoms with Gasteiger partial charge in [0.2, 0.25) is 0 Å². The van der Waals surface area contributed by atoms with E-state index in [1.807, 2.05) is 17.7 Å². The number of nitrogens with zero attached hydrogens (tertiary/aromatic N) is 5. The molecule has 2 fully saturated rings. The van der Waals surface area contributed by atoms with Gasteiger partial charge in [0.05, 0.1) is 22.2 Å². The predicted molar refractivity (Wildman–Crippen MR) is 125 cm³/mol. The second kappa shape index (κ2) is 8.43. The first kappa shape index (κ1) is 23.2. The second-order valence-electron chi connectivity index (χ2n) is 10.4. The van der Waals surface area contributed by atoms with Gasteiger partial charge in [0.25, 0.3) is 5.91 Å². The molecule has 178 valence electrons. The molecule has 4 rings (SSSR count). The number of aromatic nitrogens is 3. The Kier molecular flexibility index (Phi) is 5.92. The van der Waals surface area contributed by atoms with Gasteiger partial charge in [-0.15, -0.1) is 0 Å². The molecule has 9 nitrogen and oxygen atoms in total. The Labute approximate surface area is 194 Å². The number of amides is 3. The highest BCUT2D eigenvalue weighted by molar-refractivity contribution is 6.35. The molecule has 1 aliphatic heterocycles. The van der Waals surface area contributed by atoms with Crippen LogP contribution in [-0.4, -0.2) is 74.5 Å². The Morgan fingerprint density at radius 3 is 2.21 bits per heavy atom. The average Bonchev–Trinajstić information content (AvgIpc) is 3.51. The van der Waals surface area contributed by atoms with Crippen LogP contribution in [0.4, 0.5) is 0 Å². The molecule has 1 saturated carbocycles. The van der Waals surface area contributed by atoms with Crippen LogP contribution < -0.4 is 5.32 Å². The fraction of sp³-hybridized carbons (Fsp3) is 0.625. The van der Waals surface area contributed by atoms with Crippen molar-refractivity contribution in [2.45, 2.75) is 71.9 Å². The van der Waals surface area contributed by atoms with Crippen LogP contribution in [0, 0.1) is 6.92 Å². The number of carbonyl (C=O) groups excluding carboxylic acids is 3. The van der Waals surface area contributed by atoms with Crippen LogP contribution in [0.1, 0.15) is 75.1 Å². The summed E-state index contributed by atoms with van der Waals surface area (Å²) in [6.45, 7) is 13.7. The lowest BCUT2D eigenvalue weighted by Crippen LogP contribution is -2.54. The minimum absolute atomic E-state index is 0.0876.